The van der Waals surface area contributed by atoms with Gasteiger partial charge in [0.05, 0.1) is 13.2 Å². The molecule has 2 aliphatic rings. The van der Waals surface area contributed by atoms with Crippen molar-refractivity contribution < 1.29 is 9.47 Å². The summed E-state index contributed by atoms with van der Waals surface area (Å²) in [5, 5.41) is 0. The number of benzene rings is 4. The summed E-state index contributed by atoms with van der Waals surface area (Å²) in [4.78, 5) is 0. The highest BCUT2D eigenvalue weighted by atomic mass is 16.5. The Morgan fingerprint density at radius 1 is 0.722 bits per heavy atom. The average molecular weight is 475 g/mol. The van der Waals surface area contributed by atoms with Crippen LogP contribution >= 0.6 is 0 Å². The van der Waals surface area contributed by atoms with Crippen LogP contribution in [0.2, 0.25) is 0 Å². The molecule has 4 aromatic rings. The average Bonchev–Trinajstić information content (AvgIpc) is 3.28. The normalized spacial score (nSPS) is 23.1. The van der Waals surface area contributed by atoms with Crippen LogP contribution in [0.3, 0.4) is 0 Å². The van der Waals surface area contributed by atoms with E-state index in [1.165, 1.54) is 27.8 Å². The zero-order valence-electron chi connectivity index (χ0n) is 21.2. The second kappa shape index (κ2) is 9.26. The van der Waals surface area contributed by atoms with Crippen LogP contribution in [0.1, 0.15) is 59.9 Å². The smallest absolute Gasteiger partial charge is 0.144 e. The molecule has 0 saturated heterocycles. The molecule has 2 heteroatoms. The van der Waals surface area contributed by atoms with Gasteiger partial charge in [-0.15, -0.1) is 0 Å². The molecular weight excluding hydrogens is 440 g/mol. The predicted molar refractivity (Wildman–Crippen MR) is 145 cm³/mol. The van der Waals surface area contributed by atoms with E-state index in [1.807, 2.05) is 0 Å². The Balaban J connectivity index is 1.47. The van der Waals surface area contributed by atoms with E-state index in [0.29, 0.717) is 5.92 Å². The Bertz CT molecular complexity index is 1220. The predicted octanol–water partition coefficient (Wildman–Crippen LogP) is 7.90. The number of hydrogen-bond acceptors (Lipinski definition) is 2. The molecule has 0 spiro atoms. The van der Waals surface area contributed by atoms with Crippen molar-refractivity contribution in [2.75, 3.05) is 7.11 Å². The third kappa shape index (κ3) is 3.67. The maximum Gasteiger partial charge on any atom is 0.144 e. The molecule has 182 valence electrons. The maximum atomic E-state index is 7.56. The van der Waals surface area contributed by atoms with Crippen LogP contribution in [0.15, 0.2) is 109 Å². The van der Waals surface area contributed by atoms with Crippen LogP contribution in [0.25, 0.3) is 0 Å². The molecule has 1 saturated carbocycles. The Labute approximate surface area is 214 Å². The van der Waals surface area contributed by atoms with Crippen molar-refractivity contribution in [3.05, 3.63) is 137 Å². The molecule has 4 aromatic carbocycles. The van der Waals surface area contributed by atoms with Gasteiger partial charge in [-0.05, 0) is 71.6 Å². The molecule has 0 N–H and O–H groups in total. The molecule has 0 aromatic heterocycles. The maximum absolute atomic E-state index is 7.56. The third-order valence-corrected chi connectivity index (χ3v) is 8.77. The van der Waals surface area contributed by atoms with E-state index in [9.17, 15) is 0 Å². The highest BCUT2D eigenvalue weighted by Gasteiger charge is 2.53. The van der Waals surface area contributed by atoms with Crippen molar-refractivity contribution in [2.24, 2.45) is 5.41 Å². The lowest BCUT2D eigenvalue weighted by Crippen LogP contribution is -2.44. The summed E-state index contributed by atoms with van der Waals surface area (Å²) < 4.78 is 13.1. The van der Waals surface area contributed by atoms with Crippen LogP contribution in [0.4, 0.5) is 0 Å². The first-order valence-corrected chi connectivity index (χ1v) is 13.2. The molecule has 0 unspecified atom stereocenters. The van der Waals surface area contributed by atoms with Crippen molar-refractivity contribution in [3.8, 4) is 5.75 Å². The molecule has 0 radical (unpaired) electrons. The standard InChI is InChI=1S/C34H34O2/c1-33-23-22-25-24-29(35-2)18-19-30(25)31(33)20-21-32(33)36-34(26-12-6-3-7-13-26,27-14-8-4-9-15-27)28-16-10-5-11-17-28/h3-19,24,31-32H,20-23H2,1-2H3/t31-,32+,33-/m1/s1. The third-order valence-electron chi connectivity index (χ3n) is 8.77. The van der Waals surface area contributed by atoms with Gasteiger partial charge in [-0.25, -0.2) is 0 Å². The molecule has 36 heavy (non-hydrogen) atoms. The summed E-state index contributed by atoms with van der Waals surface area (Å²) >= 11 is 0. The van der Waals surface area contributed by atoms with Gasteiger partial charge in [-0.1, -0.05) is 104 Å². The monoisotopic (exact) mass is 474 g/mol. The minimum absolute atomic E-state index is 0.0746. The van der Waals surface area contributed by atoms with Gasteiger partial charge in [-0.2, -0.15) is 0 Å². The first kappa shape index (κ1) is 23.1. The van der Waals surface area contributed by atoms with Gasteiger partial charge >= 0.3 is 0 Å². The Morgan fingerprint density at radius 2 is 1.28 bits per heavy atom. The SMILES string of the molecule is COc1ccc2c(c1)CC[C@@]1(C)[C@@H](OC(c3ccccc3)(c3ccccc3)c3ccccc3)CC[C@H]21. The van der Waals surface area contributed by atoms with Gasteiger partial charge in [0.15, 0.2) is 0 Å². The number of ether oxygens (including phenoxy) is 2. The molecule has 0 heterocycles. The van der Waals surface area contributed by atoms with E-state index >= 15 is 0 Å². The van der Waals surface area contributed by atoms with E-state index in [4.69, 9.17) is 9.47 Å². The highest BCUT2D eigenvalue weighted by molar-refractivity contribution is 5.48. The second-order valence-corrected chi connectivity index (χ2v) is 10.6. The fourth-order valence-electron chi connectivity index (χ4n) is 6.85. The second-order valence-electron chi connectivity index (χ2n) is 10.6. The van der Waals surface area contributed by atoms with Crippen molar-refractivity contribution in [2.45, 2.75) is 50.2 Å². The van der Waals surface area contributed by atoms with Crippen LogP contribution in [0.5, 0.6) is 5.75 Å². The van der Waals surface area contributed by atoms with E-state index in [2.05, 4.69) is 116 Å². The number of hydrogen-bond donors (Lipinski definition) is 0. The molecular formula is C34H34O2. The van der Waals surface area contributed by atoms with Crippen molar-refractivity contribution in [1.82, 2.24) is 0 Å². The lowest BCUT2D eigenvalue weighted by atomic mass is 9.65. The highest BCUT2D eigenvalue weighted by Crippen LogP contribution is 2.59. The minimum atomic E-state index is -0.674. The summed E-state index contributed by atoms with van der Waals surface area (Å²) in [5.41, 5.74) is 5.86. The lowest BCUT2D eigenvalue weighted by molar-refractivity contribution is -0.0979. The van der Waals surface area contributed by atoms with E-state index in [0.717, 1.165) is 31.4 Å². The number of aryl methyl sites for hydroxylation is 1. The van der Waals surface area contributed by atoms with Gasteiger partial charge in [0, 0.05) is 5.41 Å². The molecule has 0 bridgehead atoms. The Kier molecular flexibility index (Phi) is 5.93. The minimum Gasteiger partial charge on any atom is -0.497 e. The summed E-state index contributed by atoms with van der Waals surface area (Å²) in [7, 11) is 1.75. The van der Waals surface area contributed by atoms with E-state index in [1.54, 1.807) is 7.11 Å². The first-order chi connectivity index (χ1) is 17.6. The number of methoxy groups -OCH3 is 1. The molecule has 0 aliphatic heterocycles. The molecule has 1 fully saturated rings. The quantitative estimate of drug-likeness (QED) is 0.264. The van der Waals surface area contributed by atoms with Crippen LogP contribution in [-0.4, -0.2) is 13.2 Å². The zero-order chi connectivity index (χ0) is 24.6. The van der Waals surface area contributed by atoms with Gasteiger partial charge < -0.3 is 9.47 Å². The summed E-state index contributed by atoms with van der Waals surface area (Å²) in [6.07, 6.45) is 4.53. The summed E-state index contributed by atoms with van der Waals surface area (Å²) in [6.45, 7) is 2.47. The van der Waals surface area contributed by atoms with Gasteiger partial charge in [0.1, 0.15) is 11.4 Å². The molecule has 2 aliphatic carbocycles. The number of rotatable bonds is 6. The molecule has 3 atom stereocenters. The lowest BCUT2D eigenvalue weighted by Gasteiger charge is -2.46. The van der Waals surface area contributed by atoms with Crippen molar-refractivity contribution in [3.63, 3.8) is 0 Å². The topological polar surface area (TPSA) is 18.5 Å². The van der Waals surface area contributed by atoms with Crippen molar-refractivity contribution >= 4 is 0 Å². The van der Waals surface area contributed by atoms with Crippen LogP contribution in [-0.2, 0) is 16.8 Å². The van der Waals surface area contributed by atoms with Gasteiger partial charge in [-0.3, -0.25) is 0 Å². The van der Waals surface area contributed by atoms with E-state index < -0.39 is 5.60 Å². The van der Waals surface area contributed by atoms with Crippen LogP contribution < -0.4 is 4.74 Å². The fraction of sp³-hybridized carbons (Fsp3) is 0.294. The fourth-order valence-corrected chi connectivity index (χ4v) is 6.85. The van der Waals surface area contributed by atoms with Gasteiger partial charge in [0.2, 0.25) is 0 Å². The first-order valence-electron chi connectivity index (χ1n) is 13.2. The Morgan fingerprint density at radius 3 is 1.81 bits per heavy atom. The Hall–Kier alpha value is -3.36. The van der Waals surface area contributed by atoms with E-state index in [-0.39, 0.29) is 11.5 Å². The molecule has 2 nitrogen and oxygen atoms in total. The van der Waals surface area contributed by atoms with Gasteiger partial charge in [0.25, 0.3) is 0 Å². The van der Waals surface area contributed by atoms with Crippen molar-refractivity contribution in [1.29, 1.82) is 0 Å². The largest absolute Gasteiger partial charge is 0.497 e. The van der Waals surface area contributed by atoms with Crippen LogP contribution in [0, 0.1) is 5.41 Å². The summed E-state index contributed by atoms with van der Waals surface area (Å²) in [6, 6.07) is 39.0. The zero-order valence-corrected chi connectivity index (χ0v) is 21.2. The molecule has 0 amide bonds. The molecule has 6 rings (SSSR count). The summed E-state index contributed by atoms with van der Waals surface area (Å²) in [5.74, 6) is 1.46. The number of fused-ring (bicyclic) bond motifs is 3.